The molecule has 4 heterocycles. The van der Waals surface area contributed by atoms with Crippen molar-refractivity contribution in [1.82, 2.24) is 14.9 Å². The fourth-order valence-electron chi connectivity index (χ4n) is 4.11. The van der Waals surface area contributed by atoms with Gasteiger partial charge in [0.1, 0.15) is 5.82 Å². The molecule has 1 aromatic carbocycles. The molecule has 2 fully saturated rings. The van der Waals surface area contributed by atoms with Gasteiger partial charge in [0.15, 0.2) is 11.5 Å². The second kappa shape index (κ2) is 7.42. The molecule has 1 amide bonds. The third-order valence-electron chi connectivity index (χ3n) is 5.73. The summed E-state index contributed by atoms with van der Waals surface area (Å²) in [6.07, 6.45) is 2.40. The zero-order chi connectivity index (χ0) is 19.8. The molecule has 3 aliphatic heterocycles. The van der Waals surface area contributed by atoms with Crippen LogP contribution in [-0.4, -0.2) is 66.8 Å². The number of fused-ring (bicyclic) bond motifs is 1. The first-order valence-corrected chi connectivity index (χ1v) is 10.2. The molecule has 0 bridgehead atoms. The Morgan fingerprint density at radius 3 is 2.45 bits per heavy atom. The van der Waals surface area contributed by atoms with Crippen LogP contribution >= 0.6 is 0 Å². The van der Waals surface area contributed by atoms with E-state index in [9.17, 15) is 4.79 Å². The van der Waals surface area contributed by atoms with Gasteiger partial charge in [-0.3, -0.25) is 4.79 Å². The van der Waals surface area contributed by atoms with E-state index in [1.807, 2.05) is 17.9 Å². The van der Waals surface area contributed by atoms with Crippen LogP contribution in [0.1, 0.15) is 28.9 Å². The molecule has 0 aliphatic carbocycles. The van der Waals surface area contributed by atoms with Gasteiger partial charge >= 0.3 is 0 Å². The van der Waals surface area contributed by atoms with Crippen molar-refractivity contribution in [3.8, 4) is 11.5 Å². The molecule has 0 atom stereocenters. The van der Waals surface area contributed by atoms with Gasteiger partial charge in [-0.25, -0.2) is 4.98 Å². The number of anilines is 2. The first-order chi connectivity index (χ1) is 14.2. The summed E-state index contributed by atoms with van der Waals surface area (Å²) in [5, 5.41) is 0. The topological polar surface area (TPSA) is 71.0 Å². The average Bonchev–Trinajstić information content (AvgIpc) is 3.44. The van der Waals surface area contributed by atoms with E-state index >= 15 is 0 Å². The molecule has 2 saturated heterocycles. The number of carbonyl (C=O) groups excluding carboxylic acids is 1. The molecule has 152 valence electrons. The van der Waals surface area contributed by atoms with Gasteiger partial charge in [0, 0.05) is 56.6 Å². The summed E-state index contributed by atoms with van der Waals surface area (Å²) < 4.78 is 10.7. The number of benzene rings is 1. The fraction of sp³-hybridized carbons (Fsp3) is 0.476. The van der Waals surface area contributed by atoms with E-state index < -0.39 is 0 Å². The summed E-state index contributed by atoms with van der Waals surface area (Å²) in [6, 6.07) is 7.41. The van der Waals surface area contributed by atoms with Gasteiger partial charge < -0.3 is 24.2 Å². The summed E-state index contributed by atoms with van der Waals surface area (Å²) >= 11 is 0. The number of nitrogens with zero attached hydrogens (tertiary/aromatic N) is 5. The van der Waals surface area contributed by atoms with Crippen LogP contribution in [0.15, 0.2) is 24.3 Å². The van der Waals surface area contributed by atoms with Gasteiger partial charge in [-0.1, -0.05) is 0 Å². The standard InChI is InChI=1S/C21H25N5O3/c1-15-12-19(23-21(22-15)26-6-2-3-7-26)24-8-10-25(11-9-24)20(27)16-4-5-17-18(13-16)29-14-28-17/h4-5,12-13H,2-3,6-11,14H2,1H3. The zero-order valence-corrected chi connectivity index (χ0v) is 16.6. The quantitative estimate of drug-likeness (QED) is 0.788. The number of aryl methyl sites for hydroxylation is 1. The fourth-order valence-corrected chi connectivity index (χ4v) is 4.11. The van der Waals surface area contributed by atoms with E-state index in [1.165, 1.54) is 12.8 Å². The Kier molecular flexibility index (Phi) is 4.61. The third-order valence-corrected chi connectivity index (χ3v) is 5.73. The first-order valence-electron chi connectivity index (χ1n) is 10.2. The number of rotatable bonds is 3. The van der Waals surface area contributed by atoms with Gasteiger partial charge in [0.25, 0.3) is 5.91 Å². The molecule has 5 rings (SSSR count). The van der Waals surface area contributed by atoms with Crippen molar-refractivity contribution in [1.29, 1.82) is 0 Å². The second-order valence-corrected chi connectivity index (χ2v) is 7.71. The minimum absolute atomic E-state index is 0.0274. The first kappa shape index (κ1) is 18.0. The Morgan fingerprint density at radius 1 is 0.897 bits per heavy atom. The van der Waals surface area contributed by atoms with Gasteiger partial charge in [0.05, 0.1) is 0 Å². The summed E-state index contributed by atoms with van der Waals surface area (Å²) in [7, 11) is 0. The van der Waals surface area contributed by atoms with Gasteiger partial charge in [-0.2, -0.15) is 4.98 Å². The average molecular weight is 395 g/mol. The van der Waals surface area contributed by atoms with Crippen LogP contribution in [0.4, 0.5) is 11.8 Å². The molecule has 0 spiro atoms. The van der Waals surface area contributed by atoms with Crippen molar-refractivity contribution in [2.24, 2.45) is 0 Å². The maximum Gasteiger partial charge on any atom is 0.254 e. The van der Waals surface area contributed by atoms with Crippen molar-refractivity contribution in [2.75, 3.05) is 55.9 Å². The van der Waals surface area contributed by atoms with E-state index in [0.29, 0.717) is 30.2 Å². The number of carbonyl (C=O) groups is 1. The SMILES string of the molecule is Cc1cc(N2CCN(C(=O)c3ccc4c(c3)OCO4)CC2)nc(N2CCCC2)n1. The van der Waals surface area contributed by atoms with E-state index in [4.69, 9.17) is 14.5 Å². The van der Waals surface area contributed by atoms with Crippen LogP contribution in [-0.2, 0) is 0 Å². The minimum Gasteiger partial charge on any atom is -0.454 e. The molecule has 0 saturated carbocycles. The molecular formula is C21H25N5O3. The van der Waals surface area contributed by atoms with Crippen molar-refractivity contribution >= 4 is 17.7 Å². The van der Waals surface area contributed by atoms with Gasteiger partial charge in [0.2, 0.25) is 12.7 Å². The zero-order valence-electron chi connectivity index (χ0n) is 16.6. The lowest BCUT2D eigenvalue weighted by molar-refractivity contribution is 0.0746. The highest BCUT2D eigenvalue weighted by Gasteiger charge is 2.25. The maximum absolute atomic E-state index is 12.9. The molecule has 0 unspecified atom stereocenters. The lowest BCUT2D eigenvalue weighted by Gasteiger charge is -2.35. The van der Waals surface area contributed by atoms with Crippen molar-refractivity contribution in [3.05, 3.63) is 35.5 Å². The molecular weight excluding hydrogens is 370 g/mol. The molecule has 3 aliphatic rings. The van der Waals surface area contributed by atoms with Crippen LogP contribution in [0.25, 0.3) is 0 Å². The highest BCUT2D eigenvalue weighted by atomic mass is 16.7. The summed E-state index contributed by atoms with van der Waals surface area (Å²) in [5.41, 5.74) is 1.62. The lowest BCUT2D eigenvalue weighted by atomic mass is 10.1. The molecule has 1 aromatic heterocycles. The Balaban J connectivity index is 1.26. The highest BCUT2D eigenvalue weighted by Crippen LogP contribution is 2.33. The van der Waals surface area contributed by atoms with E-state index in [0.717, 1.165) is 43.6 Å². The maximum atomic E-state index is 12.9. The van der Waals surface area contributed by atoms with Crippen molar-refractivity contribution in [2.45, 2.75) is 19.8 Å². The monoisotopic (exact) mass is 395 g/mol. The molecule has 29 heavy (non-hydrogen) atoms. The van der Waals surface area contributed by atoms with Gasteiger partial charge in [-0.05, 0) is 38.0 Å². The predicted octanol–water partition coefficient (Wildman–Crippen LogP) is 2.08. The second-order valence-electron chi connectivity index (χ2n) is 7.71. The smallest absolute Gasteiger partial charge is 0.254 e. The van der Waals surface area contributed by atoms with E-state index in [2.05, 4.69) is 14.8 Å². The van der Waals surface area contributed by atoms with E-state index in [1.54, 1.807) is 18.2 Å². The molecule has 8 heteroatoms. The van der Waals surface area contributed by atoms with Gasteiger partial charge in [-0.15, -0.1) is 0 Å². The Bertz CT molecular complexity index is 921. The molecule has 2 aromatic rings. The van der Waals surface area contributed by atoms with Crippen LogP contribution in [0.5, 0.6) is 11.5 Å². The van der Waals surface area contributed by atoms with Crippen LogP contribution in [0.3, 0.4) is 0 Å². The number of hydrogen-bond acceptors (Lipinski definition) is 7. The molecule has 0 radical (unpaired) electrons. The van der Waals surface area contributed by atoms with Crippen molar-refractivity contribution < 1.29 is 14.3 Å². The number of aromatic nitrogens is 2. The molecule has 8 nitrogen and oxygen atoms in total. The largest absolute Gasteiger partial charge is 0.454 e. The summed E-state index contributed by atoms with van der Waals surface area (Å²) in [6.45, 7) is 7.12. The van der Waals surface area contributed by atoms with Crippen LogP contribution in [0.2, 0.25) is 0 Å². The predicted molar refractivity (Wildman–Crippen MR) is 109 cm³/mol. The van der Waals surface area contributed by atoms with Crippen LogP contribution < -0.4 is 19.3 Å². The Hall–Kier alpha value is -3.03. The Labute approximate surface area is 170 Å². The Morgan fingerprint density at radius 2 is 1.66 bits per heavy atom. The normalized spacial score (nSPS) is 18.4. The number of ether oxygens (including phenoxy) is 2. The summed E-state index contributed by atoms with van der Waals surface area (Å²) in [5.74, 6) is 3.14. The van der Waals surface area contributed by atoms with Crippen LogP contribution in [0, 0.1) is 6.92 Å². The third kappa shape index (κ3) is 3.54. The number of hydrogen-bond donors (Lipinski definition) is 0. The summed E-state index contributed by atoms with van der Waals surface area (Å²) in [4.78, 5) is 28.7. The molecule has 0 N–H and O–H groups in total. The number of amides is 1. The van der Waals surface area contributed by atoms with E-state index in [-0.39, 0.29) is 12.7 Å². The van der Waals surface area contributed by atoms with Crippen molar-refractivity contribution in [3.63, 3.8) is 0 Å². The lowest BCUT2D eigenvalue weighted by Crippen LogP contribution is -2.49. The minimum atomic E-state index is 0.0274. The number of piperazine rings is 1. The highest BCUT2D eigenvalue weighted by molar-refractivity contribution is 5.95.